The molecule has 17 heavy (non-hydrogen) atoms. The van der Waals surface area contributed by atoms with Crippen LogP contribution in [0.1, 0.15) is 18.4 Å². The number of aliphatic hydroxyl groups excluding tert-OH is 1. The van der Waals surface area contributed by atoms with E-state index in [1.165, 1.54) is 12.1 Å². The lowest BCUT2D eigenvalue weighted by Gasteiger charge is -2.19. The Bertz CT molecular complexity index is 409. The first-order valence-corrected chi connectivity index (χ1v) is 5.61. The van der Waals surface area contributed by atoms with Gasteiger partial charge in [-0.05, 0) is 36.6 Å². The van der Waals surface area contributed by atoms with Crippen LogP contribution in [0.2, 0.25) is 0 Å². The Morgan fingerprint density at radius 3 is 2.53 bits per heavy atom. The first-order valence-electron chi connectivity index (χ1n) is 5.61. The average molecular weight is 240 g/mol. The van der Waals surface area contributed by atoms with Gasteiger partial charge in [0.1, 0.15) is 23.5 Å². The summed E-state index contributed by atoms with van der Waals surface area (Å²) >= 11 is 0. The lowest BCUT2D eigenvalue weighted by molar-refractivity contribution is 0.0917. The molecule has 1 N–H and O–H groups in total. The second kappa shape index (κ2) is 5.27. The average Bonchev–Trinajstić information content (AvgIpc) is 2.28. The summed E-state index contributed by atoms with van der Waals surface area (Å²) in [5, 5.41) is 9.87. The molecule has 0 spiro atoms. The van der Waals surface area contributed by atoms with Crippen molar-refractivity contribution >= 4 is 0 Å². The van der Waals surface area contributed by atoms with Gasteiger partial charge in [-0.1, -0.05) is 0 Å². The second-order valence-electron chi connectivity index (χ2n) is 4.09. The van der Waals surface area contributed by atoms with E-state index in [0.717, 1.165) is 18.9 Å². The van der Waals surface area contributed by atoms with Gasteiger partial charge in [0.25, 0.3) is 0 Å². The van der Waals surface area contributed by atoms with Crippen molar-refractivity contribution in [3.63, 3.8) is 0 Å². The van der Waals surface area contributed by atoms with E-state index in [9.17, 15) is 13.9 Å². The fourth-order valence-electron chi connectivity index (χ4n) is 1.86. The first-order chi connectivity index (χ1) is 8.15. The zero-order valence-corrected chi connectivity index (χ0v) is 9.33. The van der Waals surface area contributed by atoms with Crippen LogP contribution in [-0.4, -0.2) is 17.8 Å². The molecule has 0 aliphatic carbocycles. The minimum absolute atomic E-state index is 0.153. The molecule has 0 aromatic heterocycles. The number of ether oxygens (including phenoxy) is 1. The van der Waals surface area contributed by atoms with Crippen molar-refractivity contribution in [1.29, 1.82) is 0 Å². The zero-order valence-electron chi connectivity index (χ0n) is 9.33. The van der Waals surface area contributed by atoms with Gasteiger partial charge in [-0.3, -0.25) is 0 Å². The molecule has 4 heteroatoms. The molecule has 0 radical (unpaired) electrons. The van der Waals surface area contributed by atoms with Gasteiger partial charge in [0, 0.05) is 12.5 Å². The van der Waals surface area contributed by atoms with E-state index in [1.807, 2.05) is 6.08 Å². The van der Waals surface area contributed by atoms with Crippen molar-refractivity contribution < 1.29 is 18.6 Å². The van der Waals surface area contributed by atoms with E-state index in [0.29, 0.717) is 17.9 Å². The van der Waals surface area contributed by atoms with E-state index in [-0.39, 0.29) is 6.42 Å². The van der Waals surface area contributed by atoms with Gasteiger partial charge in [0.15, 0.2) is 0 Å². The van der Waals surface area contributed by atoms with Gasteiger partial charge in [-0.2, -0.15) is 0 Å². The number of benzene rings is 1. The monoisotopic (exact) mass is 240 g/mol. The third-order valence-electron chi connectivity index (χ3n) is 2.64. The van der Waals surface area contributed by atoms with Crippen LogP contribution >= 0.6 is 0 Å². The third kappa shape index (κ3) is 3.27. The van der Waals surface area contributed by atoms with Gasteiger partial charge in [-0.25, -0.2) is 8.78 Å². The quantitative estimate of drug-likeness (QED) is 0.879. The fraction of sp³-hybridized carbons (Fsp3) is 0.385. The summed E-state index contributed by atoms with van der Waals surface area (Å²) in [6, 6.07) is 3.25. The third-order valence-corrected chi connectivity index (χ3v) is 2.64. The van der Waals surface area contributed by atoms with E-state index < -0.39 is 17.7 Å². The molecule has 1 aromatic rings. The summed E-state index contributed by atoms with van der Waals surface area (Å²) in [4.78, 5) is 0. The van der Waals surface area contributed by atoms with Crippen molar-refractivity contribution in [2.24, 2.45) is 0 Å². The predicted octanol–water partition coefficient (Wildman–Crippen LogP) is 2.56. The van der Waals surface area contributed by atoms with Crippen molar-refractivity contribution in [2.45, 2.75) is 25.4 Å². The molecule has 0 saturated heterocycles. The normalized spacial score (nSPS) is 17.2. The highest BCUT2D eigenvalue weighted by Crippen LogP contribution is 2.18. The number of allylic oxidation sites excluding steroid dienone is 1. The van der Waals surface area contributed by atoms with E-state index in [1.54, 1.807) is 0 Å². The Kier molecular flexibility index (Phi) is 3.74. The predicted molar refractivity (Wildman–Crippen MR) is 59.3 cm³/mol. The largest absolute Gasteiger partial charge is 0.495 e. The molecule has 1 aliphatic rings. The molecule has 2 rings (SSSR count). The van der Waals surface area contributed by atoms with Crippen LogP contribution in [0.3, 0.4) is 0 Å². The molecule has 1 heterocycles. The summed E-state index contributed by atoms with van der Waals surface area (Å²) in [5.41, 5.74) is 0.421. The minimum atomic E-state index is -0.837. The lowest BCUT2D eigenvalue weighted by atomic mass is 10.0. The Morgan fingerprint density at radius 1 is 1.24 bits per heavy atom. The molecule has 0 amide bonds. The molecular formula is C13H14F2O2. The van der Waals surface area contributed by atoms with Crippen molar-refractivity contribution in [3.05, 3.63) is 47.2 Å². The van der Waals surface area contributed by atoms with E-state index >= 15 is 0 Å². The molecule has 92 valence electrons. The fourth-order valence-corrected chi connectivity index (χ4v) is 1.86. The molecule has 0 saturated carbocycles. The van der Waals surface area contributed by atoms with Gasteiger partial charge >= 0.3 is 0 Å². The molecule has 2 nitrogen and oxygen atoms in total. The molecule has 0 fully saturated rings. The van der Waals surface area contributed by atoms with Crippen LogP contribution in [0.5, 0.6) is 0 Å². The topological polar surface area (TPSA) is 29.5 Å². The highest BCUT2D eigenvalue weighted by molar-refractivity contribution is 5.20. The number of halogens is 2. The van der Waals surface area contributed by atoms with E-state index in [2.05, 4.69) is 0 Å². The summed E-state index contributed by atoms with van der Waals surface area (Å²) in [7, 11) is 0. The van der Waals surface area contributed by atoms with Crippen molar-refractivity contribution in [3.8, 4) is 0 Å². The SMILES string of the molecule is OC(Cc1cc(F)cc(F)c1)C1=CCCCO1. The van der Waals surface area contributed by atoms with Crippen LogP contribution in [0.4, 0.5) is 8.78 Å². The minimum Gasteiger partial charge on any atom is -0.495 e. The summed E-state index contributed by atoms with van der Waals surface area (Å²) < 4.78 is 31.2. The Labute approximate surface area is 98.5 Å². The van der Waals surface area contributed by atoms with Crippen LogP contribution in [0, 0.1) is 11.6 Å². The number of hydrogen-bond acceptors (Lipinski definition) is 2. The standard InChI is InChI=1S/C13H14F2O2/c14-10-5-9(6-11(15)8-10)7-12(16)13-3-1-2-4-17-13/h3,5-6,8,12,16H,1-2,4,7H2. The summed E-state index contributed by atoms with van der Waals surface area (Å²) in [6.45, 7) is 0.584. The van der Waals surface area contributed by atoms with Crippen LogP contribution in [0.25, 0.3) is 0 Å². The molecule has 0 bridgehead atoms. The van der Waals surface area contributed by atoms with Gasteiger partial charge in [0.2, 0.25) is 0 Å². The van der Waals surface area contributed by atoms with Crippen molar-refractivity contribution in [1.82, 2.24) is 0 Å². The van der Waals surface area contributed by atoms with Gasteiger partial charge in [-0.15, -0.1) is 0 Å². The molecular weight excluding hydrogens is 226 g/mol. The molecule has 1 atom stereocenters. The Balaban J connectivity index is 2.06. The molecule has 1 aliphatic heterocycles. The number of rotatable bonds is 3. The smallest absolute Gasteiger partial charge is 0.126 e. The van der Waals surface area contributed by atoms with Crippen LogP contribution in [0.15, 0.2) is 30.0 Å². The zero-order chi connectivity index (χ0) is 12.3. The Hall–Kier alpha value is -1.42. The second-order valence-corrected chi connectivity index (χ2v) is 4.09. The van der Waals surface area contributed by atoms with Crippen LogP contribution in [-0.2, 0) is 11.2 Å². The lowest BCUT2D eigenvalue weighted by Crippen LogP contribution is -2.19. The van der Waals surface area contributed by atoms with E-state index in [4.69, 9.17) is 4.74 Å². The summed E-state index contributed by atoms with van der Waals surface area (Å²) in [6.07, 6.45) is 2.94. The maximum atomic E-state index is 13.0. The summed E-state index contributed by atoms with van der Waals surface area (Å²) in [5.74, 6) is -0.766. The van der Waals surface area contributed by atoms with Gasteiger partial charge < -0.3 is 9.84 Å². The van der Waals surface area contributed by atoms with Crippen LogP contribution < -0.4 is 0 Å². The first kappa shape index (κ1) is 12.0. The van der Waals surface area contributed by atoms with Crippen molar-refractivity contribution in [2.75, 3.05) is 6.61 Å². The Morgan fingerprint density at radius 2 is 1.94 bits per heavy atom. The maximum absolute atomic E-state index is 13.0. The molecule has 1 unspecified atom stereocenters. The molecule has 1 aromatic carbocycles. The maximum Gasteiger partial charge on any atom is 0.126 e. The van der Waals surface area contributed by atoms with Gasteiger partial charge in [0.05, 0.1) is 6.61 Å². The number of aliphatic hydroxyl groups is 1. The highest BCUT2D eigenvalue weighted by Gasteiger charge is 2.16. The number of hydrogen-bond donors (Lipinski definition) is 1. The highest BCUT2D eigenvalue weighted by atomic mass is 19.1.